The van der Waals surface area contributed by atoms with E-state index >= 15 is 0 Å². The molecule has 2 amide bonds. The minimum Gasteiger partial charge on any atom is -0.497 e. The van der Waals surface area contributed by atoms with Crippen LogP contribution in [0.3, 0.4) is 0 Å². The van der Waals surface area contributed by atoms with Gasteiger partial charge in [-0.05, 0) is 48.4 Å². The zero-order valence-electron chi connectivity index (χ0n) is 22.8. The van der Waals surface area contributed by atoms with Crippen LogP contribution in [0.5, 0.6) is 0 Å². The molecule has 0 bridgehead atoms. The minimum atomic E-state index is -0.140. The summed E-state index contributed by atoms with van der Waals surface area (Å²) in [6.07, 6.45) is 13.7. The van der Waals surface area contributed by atoms with Crippen LogP contribution in [0.2, 0.25) is 0 Å². The van der Waals surface area contributed by atoms with Crippen LogP contribution in [0.1, 0.15) is 17.5 Å². The molecule has 0 unspecified atom stereocenters. The van der Waals surface area contributed by atoms with E-state index in [1.165, 1.54) is 11.6 Å². The summed E-state index contributed by atoms with van der Waals surface area (Å²) in [5.74, 6) is 1.12. The molecule has 8 nitrogen and oxygen atoms in total. The number of hydrogen-bond donors (Lipinski definition) is 1. The highest BCUT2D eigenvalue weighted by Gasteiger charge is 2.21. The maximum absolute atomic E-state index is 12.8. The first-order valence-electron chi connectivity index (χ1n) is 12.8. The Labute approximate surface area is 230 Å². The van der Waals surface area contributed by atoms with Crippen LogP contribution in [-0.2, 0) is 20.9 Å². The number of fused-ring (bicyclic) bond motifs is 1. The number of rotatable bonds is 9. The number of para-hydroxylation sites is 1. The molecule has 1 N–H and O–H groups in total. The Morgan fingerprint density at radius 3 is 2.77 bits per heavy atom. The second kappa shape index (κ2) is 12.9. The van der Waals surface area contributed by atoms with Gasteiger partial charge in [0.25, 0.3) is 0 Å². The maximum Gasteiger partial charge on any atom is 0.246 e. The number of nitrogens with zero attached hydrogens (tertiary/aromatic N) is 4. The molecule has 202 valence electrons. The number of ether oxygens (including phenoxy) is 1. The van der Waals surface area contributed by atoms with Crippen molar-refractivity contribution in [3.63, 3.8) is 0 Å². The molecule has 39 heavy (non-hydrogen) atoms. The number of hydrogen-bond acceptors (Lipinski definition) is 6. The molecule has 0 fully saturated rings. The van der Waals surface area contributed by atoms with Crippen molar-refractivity contribution in [2.45, 2.75) is 13.0 Å². The lowest BCUT2D eigenvalue weighted by atomic mass is 10.1. The van der Waals surface area contributed by atoms with Crippen LogP contribution >= 0.6 is 0 Å². The third-order valence-corrected chi connectivity index (χ3v) is 6.65. The number of anilines is 2. The van der Waals surface area contributed by atoms with E-state index in [-0.39, 0.29) is 18.4 Å². The highest BCUT2D eigenvalue weighted by atomic mass is 16.5. The average molecular weight is 526 g/mol. The molecule has 2 aliphatic rings. The van der Waals surface area contributed by atoms with E-state index in [4.69, 9.17) is 4.74 Å². The molecule has 8 heteroatoms. The van der Waals surface area contributed by atoms with Crippen LogP contribution in [0.4, 0.5) is 11.5 Å². The maximum atomic E-state index is 12.8. The molecule has 0 radical (unpaired) electrons. The molecule has 0 saturated heterocycles. The molecular weight excluding hydrogens is 490 g/mol. The quantitative estimate of drug-likeness (QED) is 0.490. The van der Waals surface area contributed by atoms with Crippen molar-refractivity contribution in [3.8, 4) is 0 Å². The predicted molar refractivity (Wildman–Crippen MR) is 156 cm³/mol. The first-order valence-corrected chi connectivity index (χ1v) is 12.8. The number of benzene rings is 1. The Bertz CT molecular complexity index is 1340. The monoisotopic (exact) mass is 525 g/mol. The van der Waals surface area contributed by atoms with Gasteiger partial charge >= 0.3 is 0 Å². The normalized spacial score (nSPS) is 15.4. The van der Waals surface area contributed by atoms with E-state index in [9.17, 15) is 9.59 Å². The van der Waals surface area contributed by atoms with Crippen molar-refractivity contribution in [2.24, 2.45) is 0 Å². The van der Waals surface area contributed by atoms with E-state index in [2.05, 4.69) is 27.9 Å². The SMILES string of the molecule is C=C(CN(C)C(=O)/C=C/c1cnc2c(c1)CN(CC1=CC=C(OC)C=CC1)CC(=O)N2)N(C)c1ccccc1. The van der Waals surface area contributed by atoms with Gasteiger partial charge in [0.05, 0.1) is 20.2 Å². The van der Waals surface area contributed by atoms with Crippen molar-refractivity contribution >= 4 is 29.4 Å². The van der Waals surface area contributed by atoms with Crippen molar-refractivity contribution in [1.82, 2.24) is 14.8 Å². The lowest BCUT2D eigenvalue weighted by Crippen LogP contribution is -2.31. The summed E-state index contributed by atoms with van der Waals surface area (Å²) in [5.41, 5.74) is 4.70. The minimum absolute atomic E-state index is 0.0973. The van der Waals surface area contributed by atoms with Crippen LogP contribution in [-0.4, -0.2) is 67.4 Å². The number of nitrogens with one attached hydrogen (secondary N) is 1. The van der Waals surface area contributed by atoms with Gasteiger partial charge in [0, 0.05) is 56.4 Å². The molecule has 4 rings (SSSR count). The largest absolute Gasteiger partial charge is 0.497 e. The molecule has 1 aromatic carbocycles. The van der Waals surface area contributed by atoms with Crippen molar-refractivity contribution < 1.29 is 14.3 Å². The smallest absolute Gasteiger partial charge is 0.246 e. The standard InChI is InChI=1S/C31H35N5O3/c1-23(35(3)27-10-6-5-7-11-27)19-34(2)30(38)16-14-25-17-26-21-36(22-29(37)33-31(26)32-18-25)20-24-9-8-12-28(39-4)15-13-24/h5-8,10-18H,1,9,19-22H2,2-4H3,(H,32,33,37)/b16-14+. The molecule has 0 atom stereocenters. The number of carbonyl (C=O) groups excluding carboxylic acids is 2. The lowest BCUT2D eigenvalue weighted by molar-refractivity contribution is -0.124. The first-order chi connectivity index (χ1) is 18.8. The molecule has 1 aromatic heterocycles. The fourth-order valence-electron chi connectivity index (χ4n) is 4.41. The molecule has 2 heterocycles. The number of pyridine rings is 1. The van der Waals surface area contributed by atoms with Gasteiger partial charge in [0.15, 0.2) is 0 Å². The molecule has 1 aliphatic carbocycles. The Morgan fingerprint density at radius 1 is 1.21 bits per heavy atom. The van der Waals surface area contributed by atoms with Gasteiger partial charge in [-0.3, -0.25) is 14.5 Å². The molecule has 1 aliphatic heterocycles. The number of carbonyl (C=O) groups is 2. The Morgan fingerprint density at radius 2 is 2.00 bits per heavy atom. The summed E-state index contributed by atoms with van der Waals surface area (Å²) in [4.78, 5) is 35.5. The van der Waals surface area contributed by atoms with Gasteiger partial charge in [-0.25, -0.2) is 4.98 Å². The third kappa shape index (κ3) is 7.55. The zero-order valence-corrected chi connectivity index (χ0v) is 22.8. The Balaban J connectivity index is 1.40. The van der Waals surface area contributed by atoms with Gasteiger partial charge in [-0.2, -0.15) is 0 Å². The average Bonchev–Trinajstić information content (AvgIpc) is 3.26. The number of amides is 2. The van der Waals surface area contributed by atoms with Crippen LogP contribution < -0.4 is 10.2 Å². The van der Waals surface area contributed by atoms with Crippen LogP contribution in [0.15, 0.2) is 96.6 Å². The van der Waals surface area contributed by atoms with E-state index in [0.717, 1.165) is 34.7 Å². The summed E-state index contributed by atoms with van der Waals surface area (Å²) in [6.45, 7) is 6.01. The fourth-order valence-corrected chi connectivity index (χ4v) is 4.41. The molecule has 0 saturated carbocycles. The van der Waals surface area contributed by atoms with E-state index < -0.39 is 0 Å². The zero-order chi connectivity index (χ0) is 27.8. The summed E-state index contributed by atoms with van der Waals surface area (Å²) >= 11 is 0. The van der Waals surface area contributed by atoms with Crippen LogP contribution in [0.25, 0.3) is 6.08 Å². The number of methoxy groups -OCH3 is 1. The van der Waals surface area contributed by atoms with Crippen molar-refractivity contribution in [1.29, 1.82) is 0 Å². The Kier molecular flexibility index (Phi) is 9.12. The summed E-state index contributed by atoms with van der Waals surface area (Å²) in [5, 5.41) is 2.90. The fraction of sp³-hybridized carbons (Fsp3) is 0.258. The van der Waals surface area contributed by atoms with Crippen LogP contribution in [0, 0.1) is 0 Å². The highest BCUT2D eigenvalue weighted by molar-refractivity contribution is 5.93. The number of allylic oxidation sites excluding steroid dienone is 4. The van der Waals surface area contributed by atoms with E-state index in [0.29, 0.717) is 25.5 Å². The highest BCUT2D eigenvalue weighted by Crippen LogP contribution is 2.22. The summed E-state index contributed by atoms with van der Waals surface area (Å²) < 4.78 is 5.31. The van der Waals surface area contributed by atoms with Gasteiger partial charge in [0.1, 0.15) is 11.6 Å². The second-order valence-electron chi connectivity index (χ2n) is 9.66. The lowest BCUT2D eigenvalue weighted by Gasteiger charge is -2.25. The number of likely N-dealkylation sites (N-methyl/N-ethyl adjacent to an activating group) is 2. The molecule has 0 spiro atoms. The summed E-state index contributed by atoms with van der Waals surface area (Å²) in [6, 6.07) is 11.9. The topological polar surface area (TPSA) is 78.0 Å². The second-order valence-corrected chi connectivity index (χ2v) is 9.66. The first kappa shape index (κ1) is 27.6. The number of aromatic nitrogens is 1. The van der Waals surface area contributed by atoms with Crippen molar-refractivity contribution in [3.05, 3.63) is 108 Å². The van der Waals surface area contributed by atoms with E-state index in [1.54, 1.807) is 31.3 Å². The van der Waals surface area contributed by atoms with Gasteiger partial charge in [0.2, 0.25) is 11.8 Å². The Hall–Kier alpha value is -4.43. The van der Waals surface area contributed by atoms with Gasteiger partial charge in [-0.1, -0.05) is 42.5 Å². The molecule has 2 aromatic rings. The van der Waals surface area contributed by atoms with Gasteiger partial charge < -0.3 is 19.9 Å². The third-order valence-electron chi connectivity index (χ3n) is 6.65. The van der Waals surface area contributed by atoms with Gasteiger partial charge in [-0.15, -0.1) is 0 Å². The molecular formula is C31H35N5O3. The van der Waals surface area contributed by atoms with E-state index in [1.807, 2.05) is 66.6 Å². The van der Waals surface area contributed by atoms with Crippen molar-refractivity contribution in [2.75, 3.05) is 51.1 Å². The summed E-state index contributed by atoms with van der Waals surface area (Å²) in [7, 11) is 5.34. The predicted octanol–water partition coefficient (Wildman–Crippen LogP) is 4.37.